The van der Waals surface area contributed by atoms with E-state index >= 15 is 0 Å². The van der Waals surface area contributed by atoms with Crippen LogP contribution in [0.5, 0.6) is 0 Å². The van der Waals surface area contributed by atoms with Crippen molar-refractivity contribution in [2.75, 3.05) is 11.1 Å². The molecule has 6 heteroatoms. The van der Waals surface area contributed by atoms with Gasteiger partial charge in [0.2, 0.25) is 5.91 Å². The van der Waals surface area contributed by atoms with E-state index < -0.39 is 0 Å². The number of benzene rings is 1. The van der Waals surface area contributed by atoms with Gasteiger partial charge in [0, 0.05) is 22.4 Å². The Kier molecular flexibility index (Phi) is 4.10. The molecule has 4 rings (SSSR count). The minimum absolute atomic E-state index is 0.0346. The molecular weight excluding hydrogens is 348 g/mol. The molecule has 0 unspecified atom stereocenters. The highest BCUT2D eigenvalue weighted by molar-refractivity contribution is 8.00. The van der Waals surface area contributed by atoms with E-state index in [2.05, 4.69) is 24.5 Å². The Morgan fingerprint density at radius 2 is 2.15 bits per heavy atom. The van der Waals surface area contributed by atoms with E-state index in [4.69, 9.17) is 4.42 Å². The van der Waals surface area contributed by atoms with E-state index in [0.29, 0.717) is 17.0 Å². The molecule has 1 aliphatic carbocycles. The highest BCUT2D eigenvalue weighted by atomic mass is 32.2. The molecule has 0 bridgehead atoms. The number of nitrogens with one attached hydrogen (secondary N) is 2. The number of carbonyl (C=O) groups excluding carboxylic acids is 2. The SMILES string of the molecule is Cc1cc2c(o1)CC(C)(C)C[C@H]2NC(=O)c1ccc2c(c1)NC(=O)CS2. The maximum atomic E-state index is 12.8. The molecule has 5 nitrogen and oxygen atoms in total. The second kappa shape index (κ2) is 6.20. The molecule has 1 atom stereocenters. The molecule has 0 spiro atoms. The summed E-state index contributed by atoms with van der Waals surface area (Å²) < 4.78 is 5.84. The van der Waals surface area contributed by atoms with Gasteiger partial charge in [0.1, 0.15) is 11.5 Å². The zero-order valence-electron chi connectivity index (χ0n) is 15.1. The smallest absolute Gasteiger partial charge is 0.251 e. The first-order valence-electron chi connectivity index (χ1n) is 8.77. The molecule has 1 aromatic carbocycles. The predicted molar refractivity (Wildman–Crippen MR) is 102 cm³/mol. The van der Waals surface area contributed by atoms with Gasteiger partial charge in [0.25, 0.3) is 5.91 Å². The first-order chi connectivity index (χ1) is 12.3. The summed E-state index contributed by atoms with van der Waals surface area (Å²) in [5.74, 6) is 2.09. The molecule has 0 saturated carbocycles. The average Bonchev–Trinajstić information content (AvgIpc) is 2.93. The van der Waals surface area contributed by atoms with E-state index in [-0.39, 0.29) is 23.3 Å². The van der Waals surface area contributed by atoms with Crippen LogP contribution in [0.2, 0.25) is 0 Å². The Bertz CT molecular complexity index is 900. The van der Waals surface area contributed by atoms with Crippen LogP contribution in [0.4, 0.5) is 5.69 Å². The third-order valence-electron chi connectivity index (χ3n) is 4.92. The summed E-state index contributed by atoms with van der Waals surface area (Å²) in [5, 5.41) is 6.00. The summed E-state index contributed by atoms with van der Waals surface area (Å²) in [6.45, 7) is 6.32. The Balaban J connectivity index is 1.58. The van der Waals surface area contributed by atoms with Crippen LogP contribution < -0.4 is 10.6 Å². The van der Waals surface area contributed by atoms with Crippen molar-refractivity contribution in [1.82, 2.24) is 5.32 Å². The molecule has 136 valence electrons. The molecule has 1 aliphatic heterocycles. The van der Waals surface area contributed by atoms with Crippen LogP contribution in [0.15, 0.2) is 33.6 Å². The number of anilines is 1. The Hall–Kier alpha value is -2.21. The Morgan fingerprint density at radius 3 is 2.96 bits per heavy atom. The predicted octanol–water partition coefficient (Wildman–Crippen LogP) is 4.08. The molecule has 0 fully saturated rings. The number of hydrogen-bond donors (Lipinski definition) is 2. The lowest BCUT2D eigenvalue weighted by molar-refractivity contribution is -0.113. The largest absolute Gasteiger partial charge is 0.466 e. The van der Waals surface area contributed by atoms with Crippen molar-refractivity contribution in [2.45, 2.75) is 44.6 Å². The molecule has 2 aliphatic rings. The number of aryl methyl sites for hydroxylation is 1. The fourth-order valence-electron chi connectivity index (χ4n) is 3.78. The molecular formula is C20H22N2O3S. The van der Waals surface area contributed by atoms with Gasteiger partial charge in [0.05, 0.1) is 17.5 Å². The zero-order chi connectivity index (χ0) is 18.5. The molecule has 1 aromatic heterocycles. The third-order valence-corrected chi connectivity index (χ3v) is 5.99. The molecule has 0 saturated heterocycles. The maximum absolute atomic E-state index is 12.8. The van der Waals surface area contributed by atoms with E-state index in [1.807, 2.05) is 25.1 Å². The van der Waals surface area contributed by atoms with Gasteiger partial charge in [-0.25, -0.2) is 0 Å². The first-order valence-corrected chi connectivity index (χ1v) is 9.76. The van der Waals surface area contributed by atoms with Crippen LogP contribution in [0.25, 0.3) is 0 Å². The van der Waals surface area contributed by atoms with Gasteiger partial charge < -0.3 is 15.1 Å². The second-order valence-electron chi connectivity index (χ2n) is 7.85. The molecule has 2 amide bonds. The van der Waals surface area contributed by atoms with Crippen molar-refractivity contribution >= 4 is 29.3 Å². The minimum atomic E-state index is -0.134. The number of thioether (sulfide) groups is 1. The zero-order valence-corrected chi connectivity index (χ0v) is 16.0. The Labute approximate surface area is 156 Å². The van der Waals surface area contributed by atoms with Gasteiger partial charge in [-0.2, -0.15) is 0 Å². The fraction of sp³-hybridized carbons (Fsp3) is 0.400. The van der Waals surface area contributed by atoms with Gasteiger partial charge >= 0.3 is 0 Å². The van der Waals surface area contributed by atoms with Crippen LogP contribution in [-0.2, 0) is 11.2 Å². The van der Waals surface area contributed by atoms with E-state index in [1.165, 1.54) is 11.8 Å². The quantitative estimate of drug-likeness (QED) is 0.836. The molecule has 2 aromatic rings. The fourth-order valence-corrected chi connectivity index (χ4v) is 4.57. The third kappa shape index (κ3) is 3.26. The van der Waals surface area contributed by atoms with Crippen molar-refractivity contribution in [3.05, 3.63) is 46.9 Å². The minimum Gasteiger partial charge on any atom is -0.466 e. The molecule has 0 radical (unpaired) electrons. The highest BCUT2D eigenvalue weighted by Gasteiger charge is 2.35. The monoisotopic (exact) mass is 370 g/mol. The van der Waals surface area contributed by atoms with Crippen molar-refractivity contribution in [1.29, 1.82) is 0 Å². The van der Waals surface area contributed by atoms with Crippen molar-refractivity contribution in [3.63, 3.8) is 0 Å². The molecule has 26 heavy (non-hydrogen) atoms. The molecule has 2 N–H and O–H groups in total. The molecule has 2 heterocycles. The van der Waals surface area contributed by atoms with Crippen LogP contribution in [0.1, 0.15) is 53.8 Å². The van der Waals surface area contributed by atoms with Crippen LogP contribution in [-0.4, -0.2) is 17.6 Å². The summed E-state index contributed by atoms with van der Waals surface area (Å²) in [7, 11) is 0. The summed E-state index contributed by atoms with van der Waals surface area (Å²) in [4.78, 5) is 25.4. The number of hydrogen-bond acceptors (Lipinski definition) is 4. The van der Waals surface area contributed by atoms with Gasteiger partial charge in [-0.15, -0.1) is 11.8 Å². The lowest BCUT2D eigenvalue weighted by Crippen LogP contribution is -2.36. The Morgan fingerprint density at radius 1 is 1.35 bits per heavy atom. The van der Waals surface area contributed by atoms with Crippen molar-refractivity contribution in [3.8, 4) is 0 Å². The number of furan rings is 1. The van der Waals surface area contributed by atoms with E-state index in [0.717, 1.165) is 34.8 Å². The lowest BCUT2D eigenvalue weighted by Gasteiger charge is -2.34. The maximum Gasteiger partial charge on any atom is 0.251 e. The number of amides is 2. The van der Waals surface area contributed by atoms with Gasteiger partial charge in [-0.1, -0.05) is 13.8 Å². The highest BCUT2D eigenvalue weighted by Crippen LogP contribution is 2.42. The summed E-state index contributed by atoms with van der Waals surface area (Å²) >= 11 is 1.49. The van der Waals surface area contributed by atoms with Crippen molar-refractivity contribution in [2.24, 2.45) is 5.41 Å². The van der Waals surface area contributed by atoms with Crippen LogP contribution >= 0.6 is 11.8 Å². The summed E-state index contributed by atoms with van der Waals surface area (Å²) in [5.41, 5.74) is 2.41. The second-order valence-corrected chi connectivity index (χ2v) is 8.87. The van der Waals surface area contributed by atoms with E-state index in [9.17, 15) is 9.59 Å². The van der Waals surface area contributed by atoms with Crippen LogP contribution in [0.3, 0.4) is 0 Å². The first kappa shape index (κ1) is 17.2. The summed E-state index contributed by atoms with van der Waals surface area (Å²) in [6, 6.07) is 7.42. The van der Waals surface area contributed by atoms with Gasteiger partial charge in [-0.3, -0.25) is 9.59 Å². The van der Waals surface area contributed by atoms with Crippen molar-refractivity contribution < 1.29 is 14.0 Å². The number of carbonyl (C=O) groups is 2. The lowest BCUT2D eigenvalue weighted by atomic mass is 9.74. The normalized spacial score (nSPS) is 20.7. The van der Waals surface area contributed by atoms with E-state index in [1.54, 1.807) is 6.07 Å². The average molecular weight is 370 g/mol. The van der Waals surface area contributed by atoms with Crippen LogP contribution in [0, 0.1) is 12.3 Å². The number of fused-ring (bicyclic) bond motifs is 2. The van der Waals surface area contributed by atoms with Gasteiger partial charge in [-0.05, 0) is 43.0 Å². The summed E-state index contributed by atoms with van der Waals surface area (Å²) in [6.07, 6.45) is 1.74. The van der Waals surface area contributed by atoms with Gasteiger partial charge in [0.15, 0.2) is 0 Å². The number of rotatable bonds is 2. The topological polar surface area (TPSA) is 71.3 Å². The standard InChI is InChI=1S/C20H22N2O3S/c1-11-6-13-15(8-20(2,3)9-16(13)25-11)22-19(24)12-4-5-17-14(7-12)21-18(23)10-26-17/h4-7,15H,8-10H2,1-3H3,(H,21,23)(H,22,24)/t15-/m1/s1.